The van der Waals surface area contributed by atoms with Crippen molar-refractivity contribution in [3.63, 3.8) is 0 Å². The van der Waals surface area contributed by atoms with Crippen LogP contribution in [0.25, 0.3) is 33.5 Å². The van der Waals surface area contributed by atoms with E-state index in [1.165, 1.54) is 16.5 Å². The van der Waals surface area contributed by atoms with Crippen LogP contribution in [-0.2, 0) is 20.9 Å². The first kappa shape index (κ1) is 38.8. The number of hydrogen-bond donors (Lipinski definition) is 5. The van der Waals surface area contributed by atoms with E-state index in [9.17, 15) is 24.3 Å². The average Bonchev–Trinajstić information content (AvgIpc) is 3.91. The van der Waals surface area contributed by atoms with E-state index in [4.69, 9.17) is 9.72 Å². The molecular weight excluding hydrogens is 809 g/mol. The van der Waals surface area contributed by atoms with Crippen LogP contribution in [0.15, 0.2) is 110 Å². The zero-order valence-electron chi connectivity index (χ0n) is 33.5. The van der Waals surface area contributed by atoms with Gasteiger partial charge in [0.2, 0.25) is 11.9 Å². The largest absolute Gasteiger partial charge is 0.480 e. The van der Waals surface area contributed by atoms with Crippen molar-refractivity contribution in [1.82, 2.24) is 59.4 Å². The Labute approximate surface area is 356 Å². The highest BCUT2D eigenvalue weighted by Gasteiger charge is 2.48. The SMILES string of the molecule is COC(=O)Cn1cc(-c2cccn3nc(Nc4ccc(C(=O)NC5CC5C(C(=O)O)n5cc(-c6cccn7nc(Nc8ccc(C(=O)NC9CC9)cc8)nc67)cn5)cc4)nc23)cn1. The molecule has 2 saturated carbocycles. The number of amides is 2. The lowest BCUT2D eigenvalue weighted by molar-refractivity contribution is -0.142. The van der Waals surface area contributed by atoms with Crippen molar-refractivity contribution in [2.75, 3.05) is 17.7 Å². The summed E-state index contributed by atoms with van der Waals surface area (Å²) in [5.41, 5.74) is 6.30. The van der Waals surface area contributed by atoms with Gasteiger partial charge in [-0.05, 0) is 92.1 Å². The summed E-state index contributed by atoms with van der Waals surface area (Å²) < 4.78 is 10.9. The van der Waals surface area contributed by atoms with Crippen LogP contribution < -0.4 is 21.3 Å². The lowest BCUT2D eigenvalue weighted by Gasteiger charge is -2.13. The second-order valence-corrected chi connectivity index (χ2v) is 15.4. The van der Waals surface area contributed by atoms with Crippen LogP contribution in [0.2, 0.25) is 0 Å². The summed E-state index contributed by atoms with van der Waals surface area (Å²) in [7, 11) is 1.32. The summed E-state index contributed by atoms with van der Waals surface area (Å²) >= 11 is 0. The zero-order valence-corrected chi connectivity index (χ0v) is 33.5. The van der Waals surface area contributed by atoms with Crippen molar-refractivity contribution >= 4 is 58.3 Å². The predicted octanol–water partition coefficient (Wildman–Crippen LogP) is 4.50. The highest BCUT2D eigenvalue weighted by atomic mass is 16.5. The monoisotopic (exact) mass is 846 g/mol. The smallest absolute Gasteiger partial charge is 0.328 e. The number of pyridine rings is 2. The summed E-state index contributed by atoms with van der Waals surface area (Å²) in [6, 6.07) is 20.2. The zero-order chi connectivity index (χ0) is 43.2. The van der Waals surface area contributed by atoms with Crippen molar-refractivity contribution in [3.8, 4) is 22.3 Å². The number of hydrogen-bond acceptors (Lipinski definition) is 13. The van der Waals surface area contributed by atoms with E-state index < -0.39 is 18.0 Å². The molecule has 2 amide bonds. The van der Waals surface area contributed by atoms with Gasteiger partial charge in [-0.3, -0.25) is 23.7 Å². The van der Waals surface area contributed by atoms with E-state index >= 15 is 0 Å². The molecule has 0 spiro atoms. The molecule has 0 radical (unpaired) electrons. The molecule has 3 atom stereocenters. The topological polar surface area (TPSA) is 242 Å². The normalized spacial score (nSPS) is 16.1. The Morgan fingerprint density at radius 1 is 0.746 bits per heavy atom. The van der Waals surface area contributed by atoms with E-state index in [0.717, 1.165) is 24.0 Å². The van der Waals surface area contributed by atoms with E-state index in [2.05, 4.69) is 46.6 Å². The Morgan fingerprint density at radius 2 is 1.30 bits per heavy atom. The average molecular weight is 847 g/mol. The van der Waals surface area contributed by atoms with Gasteiger partial charge in [0.1, 0.15) is 6.54 Å². The van der Waals surface area contributed by atoms with Gasteiger partial charge in [-0.25, -0.2) is 13.8 Å². The molecule has 0 aliphatic heterocycles. The molecule has 2 fully saturated rings. The number of aromatic nitrogens is 10. The van der Waals surface area contributed by atoms with Crippen molar-refractivity contribution in [3.05, 3.63) is 121 Å². The number of benzene rings is 2. The van der Waals surface area contributed by atoms with Crippen LogP contribution in [-0.4, -0.2) is 96.8 Å². The summed E-state index contributed by atoms with van der Waals surface area (Å²) in [6.45, 7) is -0.0169. The Balaban J connectivity index is 0.770. The summed E-state index contributed by atoms with van der Waals surface area (Å²) in [6.07, 6.45) is 12.7. The van der Waals surface area contributed by atoms with Gasteiger partial charge in [-0.2, -0.15) is 20.2 Å². The maximum atomic E-state index is 13.3. The first-order valence-electron chi connectivity index (χ1n) is 20.1. The molecule has 8 aromatic rings. The molecule has 20 heteroatoms. The minimum absolute atomic E-state index is 0.0169. The van der Waals surface area contributed by atoms with Crippen molar-refractivity contribution in [2.24, 2.45) is 5.92 Å². The number of carboxylic acids is 1. The molecule has 3 unspecified atom stereocenters. The summed E-state index contributed by atoms with van der Waals surface area (Å²) in [5.74, 6) is -1.62. The van der Waals surface area contributed by atoms with Crippen LogP contribution in [0, 0.1) is 5.92 Å². The van der Waals surface area contributed by atoms with E-state index in [-0.39, 0.29) is 36.4 Å². The molecule has 2 aromatic carbocycles. The van der Waals surface area contributed by atoms with Gasteiger partial charge in [0.15, 0.2) is 17.3 Å². The Kier molecular flexibility index (Phi) is 9.77. The van der Waals surface area contributed by atoms with Gasteiger partial charge in [-0.1, -0.05) is 0 Å². The third-order valence-corrected chi connectivity index (χ3v) is 10.9. The molecule has 5 N–H and O–H groups in total. The van der Waals surface area contributed by atoms with Crippen LogP contribution in [0.1, 0.15) is 46.0 Å². The summed E-state index contributed by atoms with van der Waals surface area (Å²) in [5, 5.41) is 40.4. The van der Waals surface area contributed by atoms with Crippen molar-refractivity contribution in [1.29, 1.82) is 0 Å². The lowest BCUT2D eigenvalue weighted by Crippen LogP contribution is -2.30. The second-order valence-electron chi connectivity index (χ2n) is 15.4. The van der Waals surface area contributed by atoms with Gasteiger partial charge in [0.25, 0.3) is 11.8 Å². The molecule has 2 aliphatic carbocycles. The first-order valence-corrected chi connectivity index (χ1v) is 20.1. The Morgan fingerprint density at radius 3 is 1.86 bits per heavy atom. The van der Waals surface area contributed by atoms with Crippen LogP contribution in [0.5, 0.6) is 0 Å². The van der Waals surface area contributed by atoms with Gasteiger partial charge >= 0.3 is 11.9 Å². The fourth-order valence-corrected chi connectivity index (χ4v) is 7.42. The third kappa shape index (κ3) is 8.11. The van der Waals surface area contributed by atoms with E-state index in [1.54, 1.807) is 94.7 Å². The van der Waals surface area contributed by atoms with Gasteiger partial charge in [-0.15, -0.1) is 10.2 Å². The number of carboxylic acid groups (broad SMARTS) is 1. The molecular formula is C43H38N14O6. The van der Waals surface area contributed by atoms with E-state index in [1.807, 2.05) is 24.3 Å². The fraction of sp³-hybridized carbons (Fsp3) is 0.209. The fourth-order valence-electron chi connectivity index (χ4n) is 7.42. The van der Waals surface area contributed by atoms with Crippen LogP contribution >= 0.6 is 0 Å². The Bertz CT molecular complexity index is 3040. The standard InChI is InChI=1S/C43H38N14O6/c1-63-35(58)23-54-21-26(19-44-54)31-4-2-16-55-37(31)50-42(52-55)48-30-12-8-25(9-13-30)40(60)49-34-18-33(34)36(41(61)62)57-22-27(20-45-57)32-5-3-17-56-38(32)51-43(53-56)47-29-10-6-24(7-11-29)39(59)46-28-14-15-28/h2-13,16-17,19-22,28,33-34,36H,14-15,18,23H2,1H3,(H,46,59)(H,47,53)(H,48,52)(H,49,60)(H,61,62). The van der Waals surface area contributed by atoms with Crippen LogP contribution in [0.4, 0.5) is 23.3 Å². The highest BCUT2D eigenvalue weighted by Crippen LogP contribution is 2.41. The van der Waals surface area contributed by atoms with Gasteiger partial charge < -0.3 is 31.1 Å². The molecule has 6 heterocycles. The quantitative estimate of drug-likeness (QED) is 0.0894. The van der Waals surface area contributed by atoms with E-state index in [0.29, 0.717) is 63.2 Å². The first-order chi connectivity index (χ1) is 30.6. The number of aliphatic carboxylic acids is 1. The van der Waals surface area contributed by atoms with Crippen LogP contribution in [0.3, 0.4) is 0 Å². The van der Waals surface area contributed by atoms with Gasteiger partial charge in [0.05, 0.1) is 19.5 Å². The lowest BCUT2D eigenvalue weighted by atomic mass is 10.1. The number of anilines is 4. The Hall–Kier alpha value is -8.42. The number of ether oxygens (including phenoxy) is 1. The number of carbonyl (C=O) groups excluding carboxylic acids is 3. The van der Waals surface area contributed by atoms with Crippen molar-refractivity contribution in [2.45, 2.75) is 43.9 Å². The minimum Gasteiger partial charge on any atom is -0.480 e. The maximum absolute atomic E-state index is 13.3. The number of rotatable bonds is 15. The molecule has 2 aliphatic rings. The minimum atomic E-state index is -1.06. The second kappa shape index (κ2) is 15.9. The third-order valence-electron chi connectivity index (χ3n) is 10.9. The predicted molar refractivity (Wildman–Crippen MR) is 226 cm³/mol. The molecule has 20 nitrogen and oxygen atoms in total. The number of carbonyl (C=O) groups is 4. The van der Waals surface area contributed by atoms with Crippen molar-refractivity contribution < 1.29 is 29.0 Å². The number of nitrogens with one attached hydrogen (secondary N) is 4. The summed E-state index contributed by atoms with van der Waals surface area (Å²) in [4.78, 5) is 59.4. The molecule has 0 bridgehead atoms. The highest BCUT2D eigenvalue weighted by molar-refractivity contribution is 5.95. The van der Waals surface area contributed by atoms with Gasteiger partial charge in [0, 0.05) is 87.5 Å². The number of methoxy groups -OCH3 is 1. The molecule has 0 saturated heterocycles. The molecule has 63 heavy (non-hydrogen) atoms. The molecule has 10 rings (SSSR count). The molecule has 316 valence electrons. The molecule has 6 aromatic heterocycles. The number of fused-ring (bicyclic) bond motifs is 2. The number of nitrogens with zero attached hydrogens (tertiary/aromatic N) is 10. The number of esters is 1. The maximum Gasteiger partial charge on any atom is 0.328 e.